The first-order valence-electron chi connectivity index (χ1n) is 2.93. The summed E-state index contributed by atoms with van der Waals surface area (Å²) in [5.74, 6) is 0. The van der Waals surface area contributed by atoms with Gasteiger partial charge in [-0.1, -0.05) is 11.3 Å². The van der Waals surface area contributed by atoms with Gasteiger partial charge in [-0.15, -0.1) is 0 Å². The summed E-state index contributed by atoms with van der Waals surface area (Å²) in [5.41, 5.74) is 0. The van der Waals surface area contributed by atoms with Crippen LogP contribution in [0.3, 0.4) is 0 Å². The van der Waals surface area contributed by atoms with Crippen LogP contribution >= 0.6 is 0 Å². The molecule has 0 heterocycles. The van der Waals surface area contributed by atoms with Gasteiger partial charge in [-0.05, 0) is 27.9 Å². The van der Waals surface area contributed by atoms with E-state index in [2.05, 4.69) is 38.6 Å². The first-order valence-corrected chi connectivity index (χ1v) is 4.27. The predicted octanol–water partition coefficient (Wildman–Crippen LogP) is 0.555. The summed E-state index contributed by atoms with van der Waals surface area (Å²) in [4.78, 5) is 0. The molecule has 0 aromatic carbocycles. The molecule has 1 nitrogen and oxygen atoms in total. The molecular formula is C6H15NSi. The van der Waals surface area contributed by atoms with Crippen molar-refractivity contribution in [1.29, 1.82) is 0 Å². The van der Waals surface area contributed by atoms with Crippen molar-refractivity contribution in [3.63, 3.8) is 0 Å². The van der Waals surface area contributed by atoms with E-state index in [0.717, 1.165) is 0 Å². The molecule has 0 saturated heterocycles. The summed E-state index contributed by atoms with van der Waals surface area (Å²) in [6.45, 7) is 4.30. The third kappa shape index (κ3) is 4.09. The Morgan fingerprint density at radius 1 is 1.50 bits per heavy atom. The molecule has 0 N–H and O–H groups in total. The van der Waals surface area contributed by atoms with Gasteiger partial charge in [0.1, 0.15) is 9.68 Å². The molecule has 0 fully saturated rings. The zero-order chi connectivity index (χ0) is 6.57. The Balaban J connectivity index is 3.39. The quantitative estimate of drug-likeness (QED) is 0.492. The summed E-state index contributed by atoms with van der Waals surface area (Å²) >= 11 is 0. The largest absolute Gasteiger partial charge is 0.331 e. The molecule has 0 saturated carbocycles. The maximum Gasteiger partial charge on any atom is 0.121 e. The average molecular weight is 129 g/mol. The Kier molecular flexibility index (Phi) is 3.82. The van der Waals surface area contributed by atoms with Crippen LogP contribution in [0, 0.1) is 0 Å². The summed E-state index contributed by atoms with van der Waals surface area (Å²) in [5, 5.41) is 1.56. The van der Waals surface area contributed by atoms with Gasteiger partial charge in [0.05, 0.1) is 0 Å². The van der Waals surface area contributed by atoms with Crippen molar-refractivity contribution in [2.24, 2.45) is 0 Å². The summed E-state index contributed by atoms with van der Waals surface area (Å²) in [7, 11) is 4.24. The molecule has 0 unspecified atom stereocenters. The topological polar surface area (TPSA) is 3.24 Å². The predicted molar refractivity (Wildman–Crippen MR) is 41.7 cm³/mol. The zero-order valence-corrected chi connectivity index (χ0v) is 7.65. The highest BCUT2D eigenvalue weighted by Gasteiger charge is 1.89. The number of hydrogen-bond donors (Lipinski definition) is 0. The molecule has 2 heteroatoms. The third-order valence-electron chi connectivity index (χ3n) is 1.06. The van der Waals surface area contributed by atoms with Gasteiger partial charge in [-0.2, -0.15) is 0 Å². The van der Waals surface area contributed by atoms with E-state index in [1.54, 1.807) is 5.20 Å². The van der Waals surface area contributed by atoms with Crippen molar-refractivity contribution in [3.05, 3.63) is 11.3 Å². The first-order chi connectivity index (χ1) is 3.66. The molecule has 8 heavy (non-hydrogen) atoms. The normalized spacial score (nSPS) is 14.4. The summed E-state index contributed by atoms with van der Waals surface area (Å²) in [6, 6.07) is 0. The third-order valence-corrected chi connectivity index (χ3v) is 2.60. The van der Waals surface area contributed by atoms with E-state index in [1.165, 1.54) is 0 Å². The molecule has 0 aromatic heterocycles. The molecule has 0 aliphatic carbocycles. The smallest absolute Gasteiger partial charge is 0.121 e. The second kappa shape index (κ2) is 3.86. The van der Waals surface area contributed by atoms with Crippen molar-refractivity contribution in [2.45, 2.75) is 13.8 Å². The van der Waals surface area contributed by atoms with Crippen LogP contribution in [-0.4, -0.2) is 28.3 Å². The SMILES string of the molecule is CC=C(C)[SiH2]N(C)C. The van der Waals surface area contributed by atoms with Gasteiger partial charge in [0, 0.05) is 0 Å². The van der Waals surface area contributed by atoms with Gasteiger partial charge in [0.25, 0.3) is 0 Å². The molecule has 0 aliphatic rings. The summed E-state index contributed by atoms with van der Waals surface area (Å²) < 4.78 is 2.30. The van der Waals surface area contributed by atoms with Crippen LogP contribution in [0.25, 0.3) is 0 Å². The van der Waals surface area contributed by atoms with Crippen LogP contribution in [0.4, 0.5) is 0 Å². The van der Waals surface area contributed by atoms with Crippen LogP contribution in [0.15, 0.2) is 11.3 Å². The first kappa shape index (κ1) is 7.92. The van der Waals surface area contributed by atoms with E-state index in [0.29, 0.717) is 0 Å². The molecular weight excluding hydrogens is 114 g/mol. The Morgan fingerprint density at radius 2 is 2.00 bits per heavy atom. The Bertz CT molecular complexity index is 86.5. The monoisotopic (exact) mass is 129 g/mol. The van der Waals surface area contributed by atoms with E-state index in [4.69, 9.17) is 0 Å². The van der Waals surface area contributed by atoms with Crippen LogP contribution in [0.1, 0.15) is 13.8 Å². The minimum atomic E-state index is -0.0351. The van der Waals surface area contributed by atoms with Crippen molar-refractivity contribution < 1.29 is 0 Å². The fraction of sp³-hybridized carbons (Fsp3) is 0.667. The lowest BCUT2D eigenvalue weighted by molar-refractivity contribution is 0.665. The van der Waals surface area contributed by atoms with E-state index >= 15 is 0 Å². The Labute approximate surface area is 54.3 Å². The molecule has 0 spiro atoms. The second-order valence-corrected chi connectivity index (χ2v) is 5.07. The van der Waals surface area contributed by atoms with Gasteiger partial charge < -0.3 is 4.57 Å². The van der Waals surface area contributed by atoms with Gasteiger partial charge in [0.2, 0.25) is 0 Å². The molecule has 48 valence electrons. The maximum absolute atomic E-state index is 2.30. The minimum absolute atomic E-state index is 0.0351. The van der Waals surface area contributed by atoms with Crippen LogP contribution in [0.5, 0.6) is 0 Å². The Morgan fingerprint density at radius 3 is 2.12 bits per heavy atom. The highest BCUT2D eigenvalue weighted by molar-refractivity contribution is 6.41. The number of hydrogen-bond acceptors (Lipinski definition) is 1. The second-order valence-electron chi connectivity index (χ2n) is 2.37. The van der Waals surface area contributed by atoms with Crippen LogP contribution in [-0.2, 0) is 0 Å². The van der Waals surface area contributed by atoms with Crippen molar-refractivity contribution in [3.8, 4) is 0 Å². The van der Waals surface area contributed by atoms with E-state index < -0.39 is 0 Å². The molecule has 0 radical (unpaired) electrons. The number of rotatable bonds is 2. The van der Waals surface area contributed by atoms with E-state index in [-0.39, 0.29) is 9.68 Å². The molecule has 0 rings (SSSR count). The van der Waals surface area contributed by atoms with Crippen molar-refractivity contribution >= 4 is 9.68 Å². The lowest BCUT2D eigenvalue weighted by atomic mass is 10.6. The molecule has 0 aliphatic heterocycles. The van der Waals surface area contributed by atoms with Gasteiger partial charge >= 0.3 is 0 Å². The van der Waals surface area contributed by atoms with Gasteiger partial charge in [-0.25, -0.2) is 0 Å². The molecule has 0 atom stereocenters. The van der Waals surface area contributed by atoms with Crippen LogP contribution in [0.2, 0.25) is 0 Å². The highest BCUT2D eigenvalue weighted by atomic mass is 28.2. The zero-order valence-electron chi connectivity index (χ0n) is 6.23. The van der Waals surface area contributed by atoms with Gasteiger partial charge in [-0.3, -0.25) is 0 Å². The lowest BCUT2D eigenvalue weighted by Crippen LogP contribution is -2.18. The standard InChI is InChI=1S/C6H15NSi/c1-5-6(2)8-7(3)4/h5H,8H2,1-4H3. The number of allylic oxidation sites excluding steroid dienone is 2. The number of nitrogens with zero attached hydrogens (tertiary/aromatic N) is 1. The molecule has 0 amide bonds. The van der Waals surface area contributed by atoms with Gasteiger partial charge in [0.15, 0.2) is 0 Å². The highest BCUT2D eigenvalue weighted by Crippen LogP contribution is 1.87. The average Bonchev–Trinajstić information content (AvgIpc) is 1.65. The van der Waals surface area contributed by atoms with Crippen molar-refractivity contribution in [1.82, 2.24) is 4.57 Å². The summed E-state index contributed by atoms with van der Waals surface area (Å²) in [6.07, 6.45) is 2.20. The fourth-order valence-corrected chi connectivity index (χ4v) is 1.77. The molecule has 0 aromatic rings. The maximum atomic E-state index is 2.30. The fourth-order valence-electron chi connectivity index (χ4n) is 0.590. The van der Waals surface area contributed by atoms with Crippen molar-refractivity contribution in [2.75, 3.05) is 14.1 Å². The van der Waals surface area contributed by atoms with E-state index in [1.807, 2.05) is 0 Å². The minimum Gasteiger partial charge on any atom is -0.331 e. The Hall–Kier alpha value is -0.0831. The van der Waals surface area contributed by atoms with Crippen LogP contribution < -0.4 is 0 Å². The lowest BCUT2D eigenvalue weighted by Gasteiger charge is -2.06. The molecule has 0 bridgehead atoms. The van der Waals surface area contributed by atoms with E-state index in [9.17, 15) is 0 Å².